The van der Waals surface area contributed by atoms with Gasteiger partial charge in [0.1, 0.15) is 6.54 Å². The molecule has 2 saturated heterocycles. The lowest BCUT2D eigenvalue weighted by Gasteiger charge is -2.40. The number of methoxy groups -OCH3 is 1. The molecule has 2 aliphatic rings. The number of esters is 1. The highest BCUT2D eigenvalue weighted by Gasteiger charge is 2.51. The number of hydrogen-bond acceptors (Lipinski definition) is 5. The summed E-state index contributed by atoms with van der Waals surface area (Å²) in [5.41, 5.74) is 0.603. The first-order valence-electron chi connectivity index (χ1n) is 9.86. The van der Waals surface area contributed by atoms with Crippen molar-refractivity contribution in [2.45, 2.75) is 25.0 Å². The number of amides is 2. The average Bonchev–Trinajstić information content (AvgIpc) is 3.15. The van der Waals surface area contributed by atoms with Crippen LogP contribution in [-0.2, 0) is 25.7 Å². The largest absolute Gasteiger partial charge is 0.469 e. The molecule has 2 aliphatic heterocycles. The van der Waals surface area contributed by atoms with Gasteiger partial charge in [-0.05, 0) is 18.1 Å². The van der Waals surface area contributed by atoms with E-state index in [0.717, 1.165) is 5.56 Å². The van der Waals surface area contributed by atoms with E-state index in [4.69, 9.17) is 4.74 Å². The molecule has 1 aromatic heterocycles. The van der Waals surface area contributed by atoms with E-state index >= 15 is 0 Å². The summed E-state index contributed by atoms with van der Waals surface area (Å²) in [6, 6.07) is 13.4. The fourth-order valence-electron chi connectivity index (χ4n) is 4.49. The van der Waals surface area contributed by atoms with Crippen molar-refractivity contribution < 1.29 is 19.1 Å². The van der Waals surface area contributed by atoms with Crippen molar-refractivity contribution in [2.24, 2.45) is 5.92 Å². The fraction of sp³-hybridized carbons (Fsp3) is 0.364. The van der Waals surface area contributed by atoms with Gasteiger partial charge in [0.2, 0.25) is 11.8 Å². The molecule has 8 heteroatoms. The molecule has 2 aromatic rings. The summed E-state index contributed by atoms with van der Waals surface area (Å²) in [6.45, 7) is 0.124. The van der Waals surface area contributed by atoms with Crippen LogP contribution in [0.5, 0.6) is 0 Å². The zero-order valence-corrected chi connectivity index (χ0v) is 16.6. The van der Waals surface area contributed by atoms with Crippen molar-refractivity contribution in [1.82, 2.24) is 14.4 Å². The molecule has 2 amide bonds. The molecule has 3 heterocycles. The van der Waals surface area contributed by atoms with E-state index in [1.807, 2.05) is 30.3 Å². The molecular formula is C22H23N3O5. The highest BCUT2D eigenvalue weighted by atomic mass is 16.5. The number of carbonyl (C=O) groups excluding carboxylic acids is 3. The Morgan fingerprint density at radius 1 is 1.07 bits per heavy atom. The quantitative estimate of drug-likeness (QED) is 0.698. The Morgan fingerprint density at radius 3 is 2.50 bits per heavy atom. The highest BCUT2D eigenvalue weighted by molar-refractivity contribution is 5.88. The minimum absolute atomic E-state index is 0.0753. The lowest BCUT2D eigenvalue weighted by Crippen LogP contribution is -2.56. The maximum Gasteiger partial charge on any atom is 0.311 e. The maximum atomic E-state index is 13.1. The zero-order valence-electron chi connectivity index (χ0n) is 16.6. The van der Waals surface area contributed by atoms with Crippen molar-refractivity contribution in [3.05, 3.63) is 70.6 Å². The van der Waals surface area contributed by atoms with E-state index < -0.39 is 12.0 Å². The molecule has 30 heavy (non-hydrogen) atoms. The smallest absolute Gasteiger partial charge is 0.311 e. The molecule has 156 valence electrons. The lowest BCUT2D eigenvalue weighted by molar-refractivity contribution is -0.151. The topological polar surface area (TPSA) is 88.9 Å². The van der Waals surface area contributed by atoms with Gasteiger partial charge in [-0.25, -0.2) is 0 Å². The molecule has 0 saturated carbocycles. The standard InChI is InChI=1S/C22H23N3O5/c1-30-22(29)17-11-16-12-24(19(27)13-23-10-6-5-9-18(23)26)14-20(28)25(16)21(17)15-7-3-2-4-8-15/h2-10,16-17,21H,11-14H2,1H3/t16-,17-,21-/m0/s1. The van der Waals surface area contributed by atoms with Gasteiger partial charge in [-0.2, -0.15) is 0 Å². The van der Waals surface area contributed by atoms with Crippen molar-refractivity contribution in [3.63, 3.8) is 0 Å². The van der Waals surface area contributed by atoms with Gasteiger partial charge in [-0.3, -0.25) is 19.2 Å². The molecule has 0 aliphatic carbocycles. The molecule has 0 bridgehead atoms. The number of aromatic nitrogens is 1. The van der Waals surface area contributed by atoms with E-state index in [0.29, 0.717) is 13.0 Å². The summed E-state index contributed by atoms with van der Waals surface area (Å²) in [4.78, 5) is 53.4. The van der Waals surface area contributed by atoms with E-state index in [1.165, 1.54) is 22.6 Å². The van der Waals surface area contributed by atoms with Crippen LogP contribution in [0.2, 0.25) is 0 Å². The van der Waals surface area contributed by atoms with E-state index in [9.17, 15) is 19.2 Å². The van der Waals surface area contributed by atoms with Crippen LogP contribution in [0.15, 0.2) is 59.5 Å². The molecular weight excluding hydrogens is 386 g/mol. The fourth-order valence-corrected chi connectivity index (χ4v) is 4.49. The van der Waals surface area contributed by atoms with Gasteiger partial charge in [-0.15, -0.1) is 0 Å². The summed E-state index contributed by atoms with van der Waals surface area (Å²) in [5.74, 6) is -1.35. The molecule has 0 spiro atoms. The number of fused-ring (bicyclic) bond motifs is 1. The molecule has 4 rings (SSSR count). The first-order valence-corrected chi connectivity index (χ1v) is 9.86. The van der Waals surface area contributed by atoms with Crippen LogP contribution in [0.25, 0.3) is 0 Å². The van der Waals surface area contributed by atoms with E-state index in [2.05, 4.69) is 0 Å². The van der Waals surface area contributed by atoms with Crippen LogP contribution in [0.4, 0.5) is 0 Å². The number of benzene rings is 1. The number of carbonyl (C=O) groups is 3. The first kappa shape index (κ1) is 19.9. The third kappa shape index (κ3) is 3.60. The minimum atomic E-state index is -0.488. The van der Waals surface area contributed by atoms with Crippen molar-refractivity contribution in [1.29, 1.82) is 0 Å². The van der Waals surface area contributed by atoms with Gasteiger partial charge in [0.15, 0.2) is 0 Å². The monoisotopic (exact) mass is 409 g/mol. The minimum Gasteiger partial charge on any atom is -0.469 e. The second kappa shape index (κ2) is 8.14. The van der Waals surface area contributed by atoms with E-state index in [-0.39, 0.29) is 42.5 Å². The molecule has 0 unspecified atom stereocenters. The predicted molar refractivity (Wildman–Crippen MR) is 107 cm³/mol. The second-order valence-electron chi connectivity index (χ2n) is 7.62. The molecule has 3 atom stereocenters. The number of pyridine rings is 1. The second-order valence-corrected chi connectivity index (χ2v) is 7.62. The van der Waals surface area contributed by atoms with Crippen LogP contribution in [0.3, 0.4) is 0 Å². The van der Waals surface area contributed by atoms with Gasteiger partial charge >= 0.3 is 5.97 Å². The molecule has 0 N–H and O–H groups in total. The summed E-state index contributed by atoms with van der Waals surface area (Å²) in [7, 11) is 1.34. The number of rotatable bonds is 4. The Bertz CT molecular complexity index is 1020. The average molecular weight is 409 g/mol. The molecule has 8 nitrogen and oxygen atoms in total. The highest BCUT2D eigenvalue weighted by Crippen LogP contribution is 2.43. The van der Waals surface area contributed by atoms with Gasteiger partial charge in [0.25, 0.3) is 5.56 Å². The van der Waals surface area contributed by atoms with Gasteiger partial charge in [-0.1, -0.05) is 36.4 Å². The summed E-state index contributed by atoms with van der Waals surface area (Å²) < 4.78 is 6.32. The Labute approximate surface area is 173 Å². The van der Waals surface area contributed by atoms with E-state index in [1.54, 1.807) is 23.2 Å². The van der Waals surface area contributed by atoms with Crippen LogP contribution < -0.4 is 5.56 Å². The third-order valence-electron chi connectivity index (χ3n) is 5.85. The Hall–Kier alpha value is -3.42. The molecule has 1 aromatic carbocycles. The van der Waals surface area contributed by atoms with Gasteiger partial charge in [0, 0.05) is 18.8 Å². The molecule has 0 radical (unpaired) electrons. The van der Waals surface area contributed by atoms with Crippen LogP contribution >= 0.6 is 0 Å². The number of ether oxygens (including phenoxy) is 1. The van der Waals surface area contributed by atoms with Gasteiger partial charge < -0.3 is 19.1 Å². The van der Waals surface area contributed by atoms with Crippen molar-refractivity contribution >= 4 is 17.8 Å². The summed E-state index contributed by atoms with van der Waals surface area (Å²) in [5, 5.41) is 0. The first-order chi connectivity index (χ1) is 14.5. The predicted octanol–water partition coefficient (Wildman–Crippen LogP) is 0.822. The zero-order chi connectivity index (χ0) is 21.3. The normalized spacial score (nSPS) is 23.2. The van der Waals surface area contributed by atoms with Crippen LogP contribution in [0.1, 0.15) is 18.0 Å². The van der Waals surface area contributed by atoms with Crippen molar-refractivity contribution in [3.8, 4) is 0 Å². The Balaban J connectivity index is 1.57. The molecule has 2 fully saturated rings. The van der Waals surface area contributed by atoms with Crippen LogP contribution in [0, 0.1) is 5.92 Å². The Morgan fingerprint density at radius 2 is 1.80 bits per heavy atom. The number of piperazine rings is 1. The number of hydrogen-bond donors (Lipinski definition) is 0. The maximum absolute atomic E-state index is 13.1. The van der Waals surface area contributed by atoms with Crippen molar-refractivity contribution in [2.75, 3.05) is 20.2 Å². The van der Waals surface area contributed by atoms with Crippen LogP contribution in [-0.4, -0.2) is 58.4 Å². The third-order valence-corrected chi connectivity index (χ3v) is 5.85. The Kier molecular flexibility index (Phi) is 5.39. The summed E-state index contributed by atoms with van der Waals surface area (Å²) in [6.07, 6.45) is 1.97. The SMILES string of the molecule is COC(=O)[C@H]1C[C@H]2CN(C(=O)Cn3ccccc3=O)CC(=O)N2[C@H]1c1ccccc1. The van der Waals surface area contributed by atoms with Gasteiger partial charge in [0.05, 0.1) is 31.7 Å². The number of nitrogens with zero attached hydrogens (tertiary/aromatic N) is 3. The summed E-state index contributed by atoms with van der Waals surface area (Å²) >= 11 is 0. The lowest BCUT2D eigenvalue weighted by atomic mass is 9.93.